The van der Waals surface area contributed by atoms with Crippen molar-refractivity contribution in [2.45, 2.75) is 33.6 Å². The van der Waals surface area contributed by atoms with Crippen LogP contribution in [0.1, 0.15) is 44.2 Å². The molecule has 0 aliphatic carbocycles. The summed E-state index contributed by atoms with van der Waals surface area (Å²) in [7, 11) is 0. The van der Waals surface area contributed by atoms with Crippen LogP contribution >= 0.6 is 11.3 Å². The first-order valence-electron chi connectivity index (χ1n) is 5.61. The first-order valence-corrected chi connectivity index (χ1v) is 6.42. The van der Waals surface area contributed by atoms with E-state index in [0.29, 0.717) is 5.92 Å². The smallest absolute Gasteiger partial charge is 0.186 e. The molecule has 0 aliphatic rings. The molecule has 0 aromatic carbocycles. The maximum absolute atomic E-state index is 7.57. The molecule has 1 aromatic heterocycles. The van der Waals surface area contributed by atoms with Crippen molar-refractivity contribution in [3.05, 3.63) is 10.6 Å². The Morgan fingerprint density at radius 2 is 2.00 bits per heavy atom. The zero-order chi connectivity index (χ0) is 12.3. The molecule has 0 aliphatic heterocycles. The SMILES string of the molecule is CCN(CC)c1nc(C(C)C)c(C(=N)N)s1. The molecule has 0 fully saturated rings. The fourth-order valence-electron chi connectivity index (χ4n) is 1.53. The highest BCUT2D eigenvalue weighted by Gasteiger charge is 2.18. The van der Waals surface area contributed by atoms with Gasteiger partial charge in [0.25, 0.3) is 0 Å². The molecule has 0 saturated heterocycles. The third-order valence-corrected chi connectivity index (χ3v) is 3.63. The molecule has 0 bridgehead atoms. The van der Waals surface area contributed by atoms with Crippen molar-refractivity contribution in [3.63, 3.8) is 0 Å². The number of amidine groups is 1. The topological polar surface area (TPSA) is 66.0 Å². The van der Waals surface area contributed by atoms with E-state index in [1.165, 1.54) is 11.3 Å². The number of nitrogen functional groups attached to an aromatic ring is 1. The normalized spacial score (nSPS) is 10.8. The molecule has 0 unspecified atom stereocenters. The summed E-state index contributed by atoms with van der Waals surface area (Å²) in [6, 6.07) is 0. The summed E-state index contributed by atoms with van der Waals surface area (Å²) in [5.41, 5.74) is 6.53. The van der Waals surface area contributed by atoms with Crippen molar-refractivity contribution in [1.82, 2.24) is 4.98 Å². The third kappa shape index (κ3) is 2.52. The predicted octanol–water partition coefficient (Wildman–Crippen LogP) is 2.40. The lowest BCUT2D eigenvalue weighted by atomic mass is 10.1. The Kier molecular flexibility index (Phi) is 4.29. The van der Waals surface area contributed by atoms with E-state index in [4.69, 9.17) is 11.1 Å². The van der Waals surface area contributed by atoms with Gasteiger partial charge >= 0.3 is 0 Å². The second-order valence-corrected chi connectivity index (χ2v) is 4.93. The van der Waals surface area contributed by atoms with Crippen molar-refractivity contribution in [2.24, 2.45) is 5.73 Å². The van der Waals surface area contributed by atoms with Gasteiger partial charge in [0.05, 0.1) is 10.6 Å². The van der Waals surface area contributed by atoms with Crippen molar-refractivity contribution < 1.29 is 0 Å². The Hall–Kier alpha value is -1.10. The number of aromatic nitrogens is 1. The van der Waals surface area contributed by atoms with Gasteiger partial charge in [0.1, 0.15) is 5.84 Å². The van der Waals surface area contributed by atoms with Gasteiger partial charge in [-0.1, -0.05) is 25.2 Å². The second kappa shape index (κ2) is 5.30. The van der Waals surface area contributed by atoms with Gasteiger partial charge in [-0.2, -0.15) is 0 Å². The summed E-state index contributed by atoms with van der Waals surface area (Å²) in [5, 5.41) is 8.54. The number of hydrogen-bond donors (Lipinski definition) is 2. The van der Waals surface area contributed by atoms with E-state index in [9.17, 15) is 0 Å². The van der Waals surface area contributed by atoms with Crippen LogP contribution in [0.25, 0.3) is 0 Å². The number of nitrogens with one attached hydrogen (secondary N) is 1. The second-order valence-electron chi connectivity index (χ2n) is 3.95. The fraction of sp³-hybridized carbons (Fsp3) is 0.636. The first-order chi connectivity index (χ1) is 7.51. The van der Waals surface area contributed by atoms with Crippen molar-refractivity contribution in [3.8, 4) is 0 Å². The van der Waals surface area contributed by atoms with Gasteiger partial charge in [-0.25, -0.2) is 4.98 Å². The van der Waals surface area contributed by atoms with Crippen LogP contribution in [-0.4, -0.2) is 23.9 Å². The minimum Gasteiger partial charge on any atom is -0.383 e. The van der Waals surface area contributed by atoms with Gasteiger partial charge in [0.2, 0.25) is 0 Å². The van der Waals surface area contributed by atoms with Gasteiger partial charge < -0.3 is 10.6 Å². The van der Waals surface area contributed by atoms with Gasteiger partial charge in [0.15, 0.2) is 5.13 Å². The molecule has 0 saturated carbocycles. The average Bonchev–Trinajstić information content (AvgIpc) is 2.64. The minimum absolute atomic E-state index is 0.125. The van der Waals surface area contributed by atoms with Crippen LogP contribution in [0.5, 0.6) is 0 Å². The van der Waals surface area contributed by atoms with E-state index in [0.717, 1.165) is 28.8 Å². The number of nitrogens with zero attached hydrogens (tertiary/aromatic N) is 2. The van der Waals surface area contributed by atoms with Crippen LogP contribution in [0, 0.1) is 5.41 Å². The highest BCUT2D eigenvalue weighted by molar-refractivity contribution is 7.17. The Labute approximate surface area is 101 Å². The monoisotopic (exact) mass is 240 g/mol. The fourth-order valence-corrected chi connectivity index (χ4v) is 2.74. The summed E-state index contributed by atoms with van der Waals surface area (Å²) >= 11 is 1.52. The van der Waals surface area contributed by atoms with Crippen LogP contribution in [0.3, 0.4) is 0 Å². The van der Waals surface area contributed by atoms with Crippen LogP contribution < -0.4 is 10.6 Å². The van der Waals surface area contributed by atoms with Crippen molar-refractivity contribution in [2.75, 3.05) is 18.0 Å². The lowest BCUT2D eigenvalue weighted by Crippen LogP contribution is -2.21. The molecule has 1 aromatic rings. The minimum atomic E-state index is 0.125. The summed E-state index contributed by atoms with van der Waals surface area (Å²) in [5.74, 6) is 0.430. The van der Waals surface area contributed by atoms with E-state index < -0.39 is 0 Å². The molecule has 4 nitrogen and oxygen atoms in total. The molecule has 1 heterocycles. The number of hydrogen-bond acceptors (Lipinski definition) is 4. The molecule has 0 spiro atoms. The number of anilines is 1. The first kappa shape index (κ1) is 13.0. The standard InChI is InChI=1S/C11H20N4S/c1-5-15(6-2)11-14-8(7(3)4)9(16-11)10(12)13/h7H,5-6H2,1-4H3,(H3,12,13). The van der Waals surface area contributed by atoms with Gasteiger partial charge in [-0.15, -0.1) is 0 Å². The molecule has 0 radical (unpaired) electrons. The Morgan fingerprint density at radius 3 is 2.31 bits per heavy atom. The molecule has 90 valence electrons. The molecule has 5 heteroatoms. The quantitative estimate of drug-likeness (QED) is 0.613. The summed E-state index contributed by atoms with van der Waals surface area (Å²) in [4.78, 5) is 7.60. The Bertz CT molecular complexity index is 366. The number of rotatable bonds is 5. The number of thiazole rings is 1. The van der Waals surface area contributed by atoms with E-state index in [1.807, 2.05) is 0 Å². The summed E-state index contributed by atoms with van der Waals surface area (Å²) < 4.78 is 0. The van der Waals surface area contributed by atoms with E-state index in [1.54, 1.807) is 0 Å². The Morgan fingerprint density at radius 1 is 1.44 bits per heavy atom. The van der Waals surface area contributed by atoms with Gasteiger partial charge in [0, 0.05) is 13.1 Å². The molecule has 3 N–H and O–H groups in total. The van der Waals surface area contributed by atoms with E-state index in [2.05, 4.69) is 37.6 Å². The zero-order valence-electron chi connectivity index (χ0n) is 10.4. The molecule has 16 heavy (non-hydrogen) atoms. The highest BCUT2D eigenvalue weighted by Crippen LogP contribution is 2.30. The average molecular weight is 240 g/mol. The molecule has 0 amide bonds. The van der Waals surface area contributed by atoms with Gasteiger partial charge in [-0.3, -0.25) is 5.41 Å². The van der Waals surface area contributed by atoms with Gasteiger partial charge in [-0.05, 0) is 19.8 Å². The van der Waals surface area contributed by atoms with Crippen LogP contribution in [-0.2, 0) is 0 Å². The molecule has 0 atom stereocenters. The van der Waals surface area contributed by atoms with E-state index >= 15 is 0 Å². The van der Waals surface area contributed by atoms with Crippen LogP contribution in [0.15, 0.2) is 0 Å². The molecular weight excluding hydrogens is 220 g/mol. The van der Waals surface area contributed by atoms with Crippen LogP contribution in [0.2, 0.25) is 0 Å². The van der Waals surface area contributed by atoms with Crippen molar-refractivity contribution in [1.29, 1.82) is 5.41 Å². The predicted molar refractivity (Wildman–Crippen MR) is 70.8 cm³/mol. The summed E-state index contributed by atoms with van der Waals surface area (Å²) in [6.45, 7) is 10.2. The molecule has 1 rings (SSSR count). The lowest BCUT2D eigenvalue weighted by Gasteiger charge is -2.16. The zero-order valence-corrected chi connectivity index (χ0v) is 11.2. The van der Waals surface area contributed by atoms with E-state index in [-0.39, 0.29) is 5.84 Å². The van der Waals surface area contributed by atoms with Crippen LogP contribution in [0.4, 0.5) is 5.13 Å². The van der Waals surface area contributed by atoms with Crippen molar-refractivity contribution >= 4 is 22.3 Å². The largest absolute Gasteiger partial charge is 0.383 e. The third-order valence-electron chi connectivity index (χ3n) is 2.47. The maximum Gasteiger partial charge on any atom is 0.186 e. The summed E-state index contributed by atoms with van der Waals surface area (Å²) in [6.07, 6.45) is 0. The number of nitrogens with two attached hydrogens (primary N) is 1. The highest BCUT2D eigenvalue weighted by atomic mass is 32.1. The maximum atomic E-state index is 7.57. The lowest BCUT2D eigenvalue weighted by molar-refractivity contribution is 0.809. The Balaban J connectivity index is 3.15. The molecular formula is C11H20N4S.